The predicted octanol–water partition coefficient (Wildman–Crippen LogP) is 2.48. The van der Waals surface area contributed by atoms with Gasteiger partial charge in [0.2, 0.25) is 0 Å². The Morgan fingerprint density at radius 3 is 3.09 bits per heavy atom. The zero-order valence-corrected chi connectivity index (χ0v) is 7.32. The molecule has 0 saturated heterocycles. The first kappa shape index (κ1) is 7.47. The Hall–Kier alpha value is -0.180. The maximum absolute atomic E-state index is 9.46. The summed E-state index contributed by atoms with van der Waals surface area (Å²) in [5.74, 6) is 0.735. The van der Waals surface area contributed by atoms with Crippen molar-refractivity contribution in [3.8, 4) is 0 Å². The molecule has 0 saturated carbocycles. The van der Waals surface area contributed by atoms with Crippen LogP contribution >= 0.6 is 23.4 Å². The van der Waals surface area contributed by atoms with Crippen LogP contribution in [0.5, 0.6) is 0 Å². The van der Waals surface area contributed by atoms with Gasteiger partial charge in [-0.15, -0.1) is 11.8 Å². The van der Waals surface area contributed by atoms with Gasteiger partial charge in [0.05, 0.1) is 6.10 Å². The van der Waals surface area contributed by atoms with Gasteiger partial charge in [-0.2, -0.15) is 0 Å². The van der Waals surface area contributed by atoms with Crippen LogP contribution < -0.4 is 0 Å². The normalized spacial score (nSPS) is 21.8. The SMILES string of the molecule is OC1CSc2cccc(Cl)c21. The summed E-state index contributed by atoms with van der Waals surface area (Å²) in [5.41, 5.74) is 0.902. The molecule has 0 fully saturated rings. The van der Waals surface area contributed by atoms with E-state index in [0.29, 0.717) is 5.02 Å². The third-order valence-corrected chi connectivity index (χ3v) is 3.22. The minimum atomic E-state index is -0.372. The summed E-state index contributed by atoms with van der Waals surface area (Å²) in [5, 5.41) is 10.1. The lowest BCUT2D eigenvalue weighted by Gasteiger charge is -2.03. The van der Waals surface area contributed by atoms with Crippen molar-refractivity contribution in [3.05, 3.63) is 28.8 Å². The number of hydrogen-bond acceptors (Lipinski definition) is 2. The van der Waals surface area contributed by atoms with Gasteiger partial charge >= 0.3 is 0 Å². The minimum absolute atomic E-state index is 0.372. The van der Waals surface area contributed by atoms with Crippen LogP contribution in [0.4, 0.5) is 0 Å². The predicted molar refractivity (Wildman–Crippen MR) is 47.1 cm³/mol. The number of thioether (sulfide) groups is 1. The third-order valence-electron chi connectivity index (χ3n) is 1.74. The van der Waals surface area contributed by atoms with Crippen LogP contribution in [-0.2, 0) is 0 Å². The van der Waals surface area contributed by atoms with E-state index in [1.807, 2.05) is 18.2 Å². The molecule has 0 aliphatic carbocycles. The molecule has 1 aromatic carbocycles. The molecule has 1 heterocycles. The summed E-state index contributed by atoms with van der Waals surface area (Å²) in [4.78, 5) is 1.12. The van der Waals surface area contributed by atoms with Gasteiger partial charge in [0.15, 0.2) is 0 Å². The average Bonchev–Trinajstić information content (AvgIpc) is 2.34. The van der Waals surface area contributed by atoms with Crippen LogP contribution in [0.25, 0.3) is 0 Å². The maximum atomic E-state index is 9.46. The molecule has 0 amide bonds. The Morgan fingerprint density at radius 1 is 1.55 bits per heavy atom. The van der Waals surface area contributed by atoms with E-state index in [0.717, 1.165) is 16.2 Å². The number of aliphatic hydroxyl groups is 1. The molecule has 1 aliphatic heterocycles. The number of aliphatic hydroxyl groups excluding tert-OH is 1. The van der Waals surface area contributed by atoms with E-state index in [1.54, 1.807) is 11.8 Å². The molecule has 1 aliphatic rings. The minimum Gasteiger partial charge on any atom is -0.387 e. The van der Waals surface area contributed by atoms with E-state index < -0.39 is 0 Å². The Kier molecular flexibility index (Phi) is 1.83. The molecule has 3 heteroatoms. The van der Waals surface area contributed by atoms with Gasteiger partial charge in [-0.3, -0.25) is 0 Å². The first-order chi connectivity index (χ1) is 5.29. The highest BCUT2D eigenvalue weighted by atomic mass is 35.5. The summed E-state index contributed by atoms with van der Waals surface area (Å²) >= 11 is 7.55. The van der Waals surface area contributed by atoms with E-state index in [9.17, 15) is 5.11 Å². The summed E-state index contributed by atoms with van der Waals surface area (Å²) in [7, 11) is 0. The molecule has 1 nitrogen and oxygen atoms in total. The second-order valence-electron chi connectivity index (χ2n) is 2.48. The van der Waals surface area contributed by atoms with Gasteiger partial charge < -0.3 is 5.11 Å². The third kappa shape index (κ3) is 1.15. The molecule has 1 N–H and O–H groups in total. The van der Waals surface area contributed by atoms with Crippen molar-refractivity contribution >= 4 is 23.4 Å². The Morgan fingerprint density at radius 2 is 2.36 bits per heavy atom. The number of fused-ring (bicyclic) bond motifs is 1. The second-order valence-corrected chi connectivity index (χ2v) is 3.95. The fourth-order valence-electron chi connectivity index (χ4n) is 1.22. The Bertz CT molecular complexity index is 287. The van der Waals surface area contributed by atoms with Crippen LogP contribution in [0.2, 0.25) is 5.02 Å². The smallest absolute Gasteiger partial charge is 0.0909 e. The Labute approximate surface area is 74.4 Å². The van der Waals surface area contributed by atoms with Gasteiger partial charge in [0.1, 0.15) is 0 Å². The quantitative estimate of drug-likeness (QED) is 0.672. The van der Waals surface area contributed by atoms with E-state index in [1.165, 1.54) is 0 Å². The lowest BCUT2D eigenvalue weighted by molar-refractivity contribution is 0.205. The van der Waals surface area contributed by atoms with Crippen LogP contribution in [0.3, 0.4) is 0 Å². The molecule has 1 atom stereocenters. The molecule has 58 valence electrons. The zero-order chi connectivity index (χ0) is 7.84. The van der Waals surface area contributed by atoms with Crippen molar-refractivity contribution in [2.75, 3.05) is 5.75 Å². The summed E-state index contributed by atoms with van der Waals surface area (Å²) < 4.78 is 0. The standard InChI is InChI=1S/C8H7ClOS/c9-5-2-1-3-7-8(5)6(10)4-11-7/h1-3,6,10H,4H2. The van der Waals surface area contributed by atoms with Crippen molar-refractivity contribution < 1.29 is 5.11 Å². The summed E-state index contributed by atoms with van der Waals surface area (Å²) in [6.45, 7) is 0. The lowest BCUT2D eigenvalue weighted by Crippen LogP contribution is -1.93. The largest absolute Gasteiger partial charge is 0.387 e. The van der Waals surface area contributed by atoms with Crippen molar-refractivity contribution in [1.29, 1.82) is 0 Å². The van der Waals surface area contributed by atoms with Crippen LogP contribution in [-0.4, -0.2) is 10.9 Å². The summed E-state index contributed by atoms with van der Waals surface area (Å²) in [6, 6.07) is 5.71. The molecule has 1 unspecified atom stereocenters. The second kappa shape index (κ2) is 2.70. The van der Waals surface area contributed by atoms with Crippen molar-refractivity contribution in [3.63, 3.8) is 0 Å². The van der Waals surface area contributed by atoms with Gasteiger partial charge in [-0.25, -0.2) is 0 Å². The fraction of sp³-hybridized carbons (Fsp3) is 0.250. The molecule has 1 aromatic rings. The van der Waals surface area contributed by atoms with Crippen molar-refractivity contribution in [2.45, 2.75) is 11.0 Å². The fourth-order valence-corrected chi connectivity index (χ4v) is 2.66. The van der Waals surface area contributed by atoms with Gasteiger partial charge in [0.25, 0.3) is 0 Å². The molecule has 0 spiro atoms. The van der Waals surface area contributed by atoms with Crippen LogP contribution in [0.15, 0.2) is 23.1 Å². The van der Waals surface area contributed by atoms with Crippen LogP contribution in [0.1, 0.15) is 11.7 Å². The van der Waals surface area contributed by atoms with Gasteiger partial charge in [-0.1, -0.05) is 17.7 Å². The van der Waals surface area contributed by atoms with E-state index in [4.69, 9.17) is 11.6 Å². The van der Waals surface area contributed by atoms with Crippen molar-refractivity contribution in [2.24, 2.45) is 0 Å². The van der Waals surface area contributed by atoms with Crippen LogP contribution in [0, 0.1) is 0 Å². The lowest BCUT2D eigenvalue weighted by atomic mass is 10.1. The number of benzene rings is 1. The Balaban J connectivity index is 2.58. The van der Waals surface area contributed by atoms with Crippen molar-refractivity contribution in [1.82, 2.24) is 0 Å². The van der Waals surface area contributed by atoms with E-state index in [2.05, 4.69) is 0 Å². The highest BCUT2D eigenvalue weighted by Gasteiger charge is 2.22. The molecule has 2 rings (SSSR count). The monoisotopic (exact) mass is 186 g/mol. The van der Waals surface area contributed by atoms with E-state index in [-0.39, 0.29) is 6.10 Å². The highest BCUT2D eigenvalue weighted by molar-refractivity contribution is 7.99. The van der Waals surface area contributed by atoms with Gasteiger partial charge in [0, 0.05) is 21.2 Å². The number of rotatable bonds is 0. The molecular weight excluding hydrogens is 180 g/mol. The topological polar surface area (TPSA) is 20.2 Å². The average molecular weight is 187 g/mol. The van der Waals surface area contributed by atoms with Gasteiger partial charge in [-0.05, 0) is 12.1 Å². The maximum Gasteiger partial charge on any atom is 0.0909 e. The molecule has 0 bridgehead atoms. The zero-order valence-electron chi connectivity index (χ0n) is 5.75. The summed E-state index contributed by atoms with van der Waals surface area (Å²) in [6.07, 6.45) is -0.372. The molecule has 0 aromatic heterocycles. The molecule has 11 heavy (non-hydrogen) atoms. The molecule has 0 radical (unpaired) electrons. The van der Waals surface area contributed by atoms with E-state index >= 15 is 0 Å². The first-order valence-corrected chi connectivity index (χ1v) is 4.74. The first-order valence-electron chi connectivity index (χ1n) is 3.38. The number of hydrogen-bond donors (Lipinski definition) is 1. The number of halogens is 1. The molecular formula is C8H7ClOS. The highest BCUT2D eigenvalue weighted by Crippen LogP contribution is 2.41.